The molecule has 0 atom stereocenters. The van der Waals surface area contributed by atoms with E-state index in [2.05, 4.69) is 25.8 Å². The zero-order valence-corrected chi connectivity index (χ0v) is 18.1. The number of fused-ring (bicyclic) bond motifs is 1. The Kier molecular flexibility index (Phi) is 5.61. The van der Waals surface area contributed by atoms with Crippen LogP contribution in [0, 0.1) is 5.82 Å². The number of carbonyl (C=O) groups excluding carboxylic acids is 1. The molecule has 0 fully saturated rings. The first kappa shape index (κ1) is 21.4. The average molecular weight is 430 g/mol. The van der Waals surface area contributed by atoms with Crippen molar-refractivity contribution in [1.82, 2.24) is 4.98 Å². The lowest BCUT2D eigenvalue weighted by Crippen LogP contribution is -2.31. The molecule has 0 bridgehead atoms. The summed E-state index contributed by atoms with van der Waals surface area (Å²) in [6.45, 7) is 6.66. The molecule has 162 valence electrons. The molecule has 0 N–H and O–H groups in total. The minimum atomic E-state index is -0.544. The van der Waals surface area contributed by atoms with Crippen molar-refractivity contribution >= 4 is 22.7 Å². The number of rotatable bonds is 4. The quantitative estimate of drug-likeness (QED) is 0.431. The van der Waals surface area contributed by atoms with Gasteiger partial charge in [-0.05, 0) is 46.9 Å². The molecule has 0 unspecified atom stereocenters. The molecule has 1 amide bonds. The molecule has 0 aliphatic carbocycles. The highest BCUT2D eigenvalue weighted by Gasteiger charge is 2.23. The lowest BCUT2D eigenvalue weighted by Gasteiger charge is -2.23. The standard InChI is InChI=1S/C26H23FN2O3/c1-26(2,3)18-9-7-17(8-10-18)16-29(24-6-4-5-13-28-24)25(31)23-15-21(30)20-14-19(27)11-12-22(20)32-23/h4-15H,16H2,1-3H3. The molecule has 0 aliphatic heterocycles. The first-order valence-corrected chi connectivity index (χ1v) is 10.3. The Hall–Kier alpha value is -3.80. The maximum absolute atomic E-state index is 13.5. The molecule has 0 saturated heterocycles. The Morgan fingerprint density at radius 1 is 1.03 bits per heavy atom. The Labute approximate surface area is 185 Å². The second-order valence-corrected chi connectivity index (χ2v) is 8.64. The summed E-state index contributed by atoms with van der Waals surface area (Å²) in [5, 5.41) is 0.0868. The number of hydrogen-bond acceptors (Lipinski definition) is 4. The number of aromatic nitrogens is 1. The van der Waals surface area contributed by atoms with E-state index in [0.717, 1.165) is 17.7 Å². The van der Waals surface area contributed by atoms with Crippen LogP contribution in [0.25, 0.3) is 11.0 Å². The van der Waals surface area contributed by atoms with Gasteiger partial charge in [-0.1, -0.05) is 51.1 Å². The third-order valence-corrected chi connectivity index (χ3v) is 5.23. The van der Waals surface area contributed by atoms with Crippen molar-refractivity contribution in [3.63, 3.8) is 0 Å². The van der Waals surface area contributed by atoms with Crippen LogP contribution in [0.2, 0.25) is 0 Å². The van der Waals surface area contributed by atoms with Gasteiger partial charge in [-0.25, -0.2) is 9.37 Å². The Balaban J connectivity index is 1.73. The van der Waals surface area contributed by atoms with Gasteiger partial charge in [0.25, 0.3) is 5.91 Å². The fourth-order valence-corrected chi connectivity index (χ4v) is 3.43. The Bertz CT molecular complexity index is 1320. The Morgan fingerprint density at radius 3 is 2.44 bits per heavy atom. The fraction of sp³-hybridized carbons (Fsp3) is 0.192. The third-order valence-electron chi connectivity index (χ3n) is 5.23. The molecule has 2 aromatic carbocycles. The van der Waals surface area contributed by atoms with E-state index < -0.39 is 17.2 Å². The molecule has 0 aliphatic rings. The smallest absolute Gasteiger partial charge is 0.295 e. The topological polar surface area (TPSA) is 63.4 Å². The number of hydrogen-bond donors (Lipinski definition) is 0. The normalized spacial score (nSPS) is 11.5. The summed E-state index contributed by atoms with van der Waals surface area (Å²) in [4.78, 5) is 31.7. The van der Waals surface area contributed by atoms with E-state index in [0.29, 0.717) is 5.82 Å². The van der Waals surface area contributed by atoms with Crippen LogP contribution in [0.4, 0.5) is 10.2 Å². The number of carbonyl (C=O) groups is 1. The van der Waals surface area contributed by atoms with Crippen LogP contribution in [0.3, 0.4) is 0 Å². The molecule has 6 heteroatoms. The van der Waals surface area contributed by atoms with Crippen molar-refractivity contribution in [2.75, 3.05) is 4.90 Å². The van der Waals surface area contributed by atoms with Gasteiger partial charge in [-0.15, -0.1) is 0 Å². The number of nitrogens with zero attached hydrogens (tertiary/aromatic N) is 2. The fourth-order valence-electron chi connectivity index (χ4n) is 3.43. The molecule has 5 nitrogen and oxygen atoms in total. The summed E-state index contributed by atoms with van der Waals surface area (Å²) in [5.41, 5.74) is 1.78. The number of pyridine rings is 1. The van der Waals surface area contributed by atoms with E-state index in [-0.39, 0.29) is 28.7 Å². The molecule has 2 aromatic heterocycles. The highest BCUT2D eigenvalue weighted by molar-refractivity contribution is 6.04. The first-order chi connectivity index (χ1) is 15.2. The van der Waals surface area contributed by atoms with Crippen molar-refractivity contribution in [1.29, 1.82) is 0 Å². The lowest BCUT2D eigenvalue weighted by atomic mass is 9.87. The van der Waals surface area contributed by atoms with E-state index in [1.54, 1.807) is 24.4 Å². The van der Waals surface area contributed by atoms with E-state index in [1.807, 2.05) is 24.3 Å². The van der Waals surface area contributed by atoms with Crippen molar-refractivity contribution in [3.8, 4) is 0 Å². The second kappa shape index (κ2) is 8.38. The molecule has 2 heterocycles. The van der Waals surface area contributed by atoms with Crippen LogP contribution in [-0.2, 0) is 12.0 Å². The molecule has 0 spiro atoms. The van der Waals surface area contributed by atoms with Gasteiger partial charge in [0, 0.05) is 12.3 Å². The molecule has 32 heavy (non-hydrogen) atoms. The summed E-state index contributed by atoms with van der Waals surface area (Å²) in [7, 11) is 0. The average Bonchev–Trinajstić information content (AvgIpc) is 2.77. The summed E-state index contributed by atoms with van der Waals surface area (Å²) in [6, 6.07) is 18.0. The number of halogens is 1. The van der Waals surface area contributed by atoms with Gasteiger partial charge in [-0.3, -0.25) is 14.5 Å². The van der Waals surface area contributed by atoms with Crippen LogP contribution in [-0.4, -0.2) is 10.9 Å². The molecule has 4 rings (SSSR count). The van der Waals surface area contributed by atoms with Crippen LogP contribution in [0.5, 0.6) is 0 Å². The van der Waals surface area contributed by atoms with Crippen molar-refractivity contribution < 1.29 is 13.6 Å². The zero-order chi connectivity index (χ0) is 22.9. The summed E-state index contributed by atoms with van der Waals surface area (Å²) in [5.74, 6) is -0.755. The maximum Gasteiger partial charge on any atom is 0.295 e. The molecular formula is C26H23FN2O3. The van der Waals surface area contributed by atoms with E-state index in [1.165, 1.54) is 22.6 Å². The van der Waals surface area contributed by atoms with Gasteiger partial charge in [0.05, 0.1) is 11.9 Å². The first-order valence-electron chi connectivity index (χ1n) is 10.3. The second-order valence-electron chi connectivity index (χ2n) is 8.64. The van der Waals surface area contributed by atoms with Gasteiger partial charge in [0.1, 0.15) is 17.2 Å². The van der Waals surface area contributed by atoms with Crippen LogP contribution in [0.1, 0.15) is 42.5 Å². The summed E-state index contributed by atoms with van der Waals surface area (Å²) >= 11 is 0. The minimum Gasteiger partial charge on any atom is -0.451 e. The Morgan fingerprint density at radius 2 is 1.78 bits per heavy atom. The predicted octanol–water partition coefficient (Wildman–Crippen LogP) is 5.47. The molecule has 0 saturated carbocycles. The van der Waals surface area contributed by atoms with E-state index in [4.69, 9.17) is 4.42 Å². The third kappa shape index (κ3) is 4.44. The predicted molar refractivity (Wildman–Crippen MR) is 122 cm³/mol. The van der Waals surface area contributed by atoms with E-state index >= 15 is 0 Å². The van der Waals surface area contributed by atoms with Gasteiger partial charge in [0.2, 0.25) is 0 Å². The van der Waals surface area contributed by atoms with Gasteiger partial charge in [-0.2, -0.15) is 0 Å². The van der Waals surface area contributed by atoms with Crippen molar-refractivity contribution in [2.45, 2.75) is 32.7 Å². The minimum absolute atomic E-state index is 0.0169. The molecular weight excluding hydrogens is 407 g/mol. The highest BCUT2D eigenvalue weighted by Crippen LogP contribution is 2.24. The summed E-state index contributed by atoms with van der Waals surface area (Å²) < 4.78 is 19.2. The highest BCUT2D eigenvalue weighted by atomic mass is 19.1. The largest absolute Gasteiger partial charge is 0.451 e. The SMILES string of the molecule is CC(C)(C)c1ccc(CN(C(=O)c2cc(=O)c3cc(F)ccc3o2)c2ccccn2)cc1. The zero-order valence-electron chi connectivity index (χ0n) is 18.1. The number of anilines is 1. The van der Waals surface area contributed by atoms with Crippen LogP contribution >= 0.6 is 0 Å². The van der Waals surface area contributed by atoms with Gasteiger partial charge >= 0.3 is 0 Å². The van der Waals surface area contributed by atoms with Crippen molar-refractivity contribution in [2.24, 2.45) is 0 Å². The molecule has 0 radical (unpaired) electrons. The summed E-state index contributed by atoms with van der Waals surface area (Å²) in [6.07, 6.45) is 1.59. The maximum atomic E-state index is 13.5. The van der Waals surface area contributed by atoms with E-state index in [9.17, 15) is 14.0 Å². The number of amides is 1. The number of benzene rings is 2. The van der Waals surface area contributed by atoms with Gasteiger partial charge < -0.3 is 4.42 Å². The van der Waals surface area contributed by atoms with Crippen molar-refractivity contribution in [3.05, 3.63) is 106 Å². The monoisotopic (exact) mass is 430 g/mol. The van der Waals surface area contributed by atoms with Crippen LogP contribution in [0.15, 0.2) is 82.1 Å². The van der Waals surface area contributed by atoms with Crippen LogP contribution < -0.4 is 10.3 Å². The molecule has 4 aromatic rings. The lowest BCUT2D eigenvalue weighted by molar-refractivity contribution is 0.0958. The van der Waals surface area contributed by atoms with Gasteiger partial charge in [0.15, 0.2) is 11.2 Å².